The third-order valence-electron chi connectivity index (χ3n) is 4.49. The second-order valence-electron chi connectivity index (χ2n) is 6.24. The summed E-state index contributed by atoms with van der Waals surface area (Å²) < 4.78 is 42.8. The van der Waals surface area contributed by atoms with Crippen LogP contribution in [0.4, 0.5) is 13.2 Å². The Morgan fingerprint density at radius 1 is 0.893 bits per heavy atom. The smallest absolute Gasteiger partial charge is 0.433 e. The van der Waals surface area contributed by atoms with E-state index in [2.05, 4.69) is 4.98 Å². The molecule has 1 aliphatic rings. The van der Waals surface area contributed by atoms with E-state index in [0.29, 0.717) is 37.5 Å². The normalized spacial score (nSPS) is 14.7. The number of halogens is 3. The maximum Gasteiger partial charge on any atom is 0.433 e. The van der Waals surface area contributed by atoms with Gasteiger partial charge in [-0.25, -0.2) is 0 Å². The summed E-state index contributed by atoms with van der Waals surface area (Å²) in [6, 6.07) is 8.65. The Hall–Kier alpha value is -3.10. The zero-order valence-corrected chi connectivity index (χ0v) is 15.1. The van der Waals surface area contributed by atoms with Crippen molar-refractivity contribution in [1.29, 1.82) is 0 Å². The van der Waals surface area contributed by atoms with E-state index in [9.17, 15) is 22.8 Å². The largest absolute Gasteiger partial charge is 0.497 e. The Kier molecular flexibility index (Phi) is 5.53. The number of pyridine rings is 1. The minimum Gasteiger partial charge on any atom is -0.497 e. The van der Waals surface area contributed by atoms with Gasteiger partial charge < -0.3 is 14.5 Å². The van der Waals surface area contributed by atoms with Gasteiger partial charge >= 0.3 is 6.18 Å². The number of nitrogens with zero attached hydrogens (tertiary/aromatic N) is 3. The van der Waals surface area contributed by atoms with Gasteiger partial charge in [-0.2, -0.15) is 13.2 Å². The molecule has 148 valence electrons. The average Bonchev–Trinajstić information content (AvgIpc) is 2.72. The van der Waals surface area contributed by atoms with Crippen LogP contribution < -0.4 is 4.74 Å². The predicted molar refractivity (Wildman–Crippen MR) is 94.0 cm³/mol. The number of aromatic nitrogens is 1. The summed E-state index contributed by atoms with van der Waals surface area (Å²) >= 11 is 0. The molecule has 0 spiro atoms. The van der Waals surface area contributed by atoms with Gasteiger partial charge in [0.15, 0.2) is 0 Å². The van der Waals surface area contributed by atoms with Gasteiger partial charge in [-0.1, -0.05) is 0 Å². The van der Waals surface area contributed by atoms with E-state index >= 15 is 0 Å². The van der Waals surface area contributed by atoms with E-state index in [-0.39, 0.29) is 11.5 Å². The molecule has 1 saturated heterocycles. The van der Waals surface area contributed by atoms with Gasteiger partial charge in [0, 0.05) is 37.9 Å². The molecule has 2 heterocycles. The molecule has 3 rings (SSSR count). The van der Waals surface area contributed by atoms with E-state index in [1.54, 1.807) is 36.3 Å². The van der Waals surface area contributed by atoms with Gasteiger partial charge in [-0.3, -0.25) is 14.6 Å². The lowest BCUT2D eigenvalue weighted by Gasteiger charge is -2.34. The average molecular weight is 393 g/mol. The van der Waals surface area contributed by atoms with Crippen molar-refractivity contribution in [2.75, 3.05) is 33.3 Å². The van der Waals surface area contributed by atoms with Crippen molar-refractivity contribution in [1.82, 2.24) is 14.8 Å². The number of methoxy groups -OCH3 is 1. The molecular formula is C19H18F3N3O3. The molecule has 1 fully saturated rings. The van der Waals surface area contributed by atoms with Crippen LogP contribution in [-0.2, 0) is 6.18 Å². The molecule has 2 amide bonds. The fraction of sp³-hybridized carbons (Fsp3) is 0.316. The van der Waals surface area contributed by atoms with Gasteiger partial charge in [0.1, 0.15) is 11.4 Å². The number of carbonyl (C=O) groups excluding carboxylic acids is 2. The molecule has 6 nitrogen and oxygen atoms in total. The predicted octanol–water partition coefficient (Wildman–Crippen LogP) is 2.71. The zero-order valence-electron chi connectivity index (χ0n) is 15.1. The van der Waals surface area contributed by atoms with Crippen molar-refractivity contribution in [3.8, 4) is 5.75 Å². The molecule has 0 N–H and O–H groups in total. The number of benzene rings is 1. The number of alkyl halides is 3. The lowest BCUT2D eigenvalue weighted by molar-refractivity contribution is -0.141. The number of carbonyl (C=O) groups is 2. The summed E-state index contributed by atoms with van der Waals surface area (Å²) in [5.41, 5.74) is -0.436. The molecular weight excluding hydrogens is 375 g/mol. The lowest BCUT2D eigenvalue weighted by atomic mass is 10.1. The Bertz CT molecular complexity index is 843. The van der Waals surface area contributed by atoms with Crippen LogP contribution in [-0.4, -0.2) is 59.9 Å². The first-order valence-corrected chi connectivity index (χ1v) is 8.55. The highest BCUT2D eigenvalue weighted by Gasteiger charge is 2.33. The van der Waals surface area contributed by atoms with Crippen LogP contribution in [0.15, 0.2) is 42.6 Å². The van der Waals surface area contributed by atoms with Gasteiger partial charge in [-0.05, 0) is 36.4 Å². The first kappa shape index (κ1) is 19.7. The highest BCUT2D eigenvalue weighted by Crippen LogP contribution is 2.27. The number of ether oxygens (including phenoxy) is 1. The van der Waals surface area contributed by atoms with Gasteiger partial charge in [0.05, 0.1) is 12.7 Å². The summed E-state index contributed by atoms with van der Waals surface area (Å²) in [6.07, 6.45) is -3.62. The Balaban J connectivity index is 1.59. The monoisotopic (exact) mass is 393 g/mol. The van der Waals surface area contributed by atoms with Crippen LogP contribution in [0.3, 0.4) is 0 Å². The van der Waals surface area contributed by atoms with Crippen molar-refractivity contribution >= 4 is 11.8 Å². The third kappa shape index (κ3) is 4.24. The fourth-order valence-corrected chi connectivity index (χ4v) is 2.90. The molecule has 0 unspecified atom stereocenters. The first-order valence-electron chi connectivity index (χ1n) is 8.55. The molecule has 1 aromatic carbocycles. The number of amides is 2. The maximum atomic E-state index is 12.6. The molecule has 0 radical (unpaired) electrons. The standard InChI is InChI=1S/C19H18F3N3O3/c1-28-15-5-2-13(3-6-15)17(26)24-8-10-25(11-9-24)18(27)14-4-7-16(23-12-14)19(20,21)22/h2-7,12H,8-11H2,1H3. The molecule has 28 heavy (non-hydrogen) atoms. The number of hydrogen-bond donors (Lipinski definition) is 0. The summed E-state index contributed by atoms with van der Waals surface area (Å²) in [6.45, 7) is 1.26. The van der Waals surface area contributed by atoms with Crippen LogP contribution in [0.5, 0.6) is 5.75 Å². The molecule has 0 aliphatic carbocycles. The first-order chi connectivity index (χ1) is 13.3. The molecule has 9 heteroatoms. The second kappa shape index (κ2) is 7.87. The van der Waals surface area contributed by atoms with Crippen molar-refractivity contribution in [2.24, 2.45) is 0 Å². The van der Waals surface area contributed by atoms with Crippen molar-refractivity contribution < 1.29 is 27.5 Å². The SMILES string of the molecule is COc1ccc(C(=O)N2CCN(C(=O)c3ccc(C(F)(F)F)nc3)CC2)cc1. The van der Waals surface area contributed by atoms with Crippen LogP contribution in [0, 0.1) is 0 Å². The highest BCUT2D eigenvalue weighted by molar-refractivity contribution is 5.96. The van der Waals surface area contributed by atoms with Gasteiger partial charge in [0.2, 0.25) is 0 Å². The van der Waals surface area contributed by atoms with E-state index in [1.165, 1.54) is 4.90 Å². The third-order valence-corrected chi connectivity index (χ3v) is 4.49. The zero-order chi connectivity index (χ0) is 20.3. The number of hydrogen-bond acceptors (Lipinski definition) is 4. The van der Waals surface area contributed by atoms with E-state index in [0.717, 1.165) is 18.3 Å². The summed E-state index contributed by atoms with van der Waals surface area (Å²) in [4.78, 5) is 31.5. The molecule has 0 saturated carbocycles. The quantitative estimate of drug-likeness (QED) is 0.805. The van der Waals surface area contributed by atoms with Gasteiger partial charge in [0.25, 0.3) is 11.8 Å². The van der Waals surface area contributed by atoms with Crippen LogP contribution in [0.1, 0.15) is 26.4 Å². The highest BCUT2D eigenvalue weighted by atomic mass is 19.4. The topological polar surface area (TPSA) is 62.7 Å². The molecule has 2 aromatic rings. The summed E-state index contributed by atoms with van der Waals surface area (Å²) in [7, 11) is 1.54. The second-order valence-corrected chi connectivity index (χ2v) is 6.24. The lowest BCUT2D eigenvalue weighted by Crippen LogP contribution is -2.50. The van der Waals surface area contributed by atoms with E-state index in [4.69, 9.17) is 4.74 Å². The number of rotatable bonds is 3. The van der Waals surface area contributed by atoms with Crippen molar-refractivity contribution in [3.63, 3.8) is 0 Å². The van der Waals surface area contributed by atoms with Crippen LogP contribution in [0.25, 0.3) is 0 Å². The molecule has 0 atom stereocenters. The van der Waals surface area contributed by atoms with Gasteiger partial charge in [-0.15, -0.1) is 0 Å². The molecule has 1 aromatic heterocycles. The Labute approximate surface area is 159 Å². The summed E-state index contributed by atoms with van der Waals surface area (Å²) in [5, 5.41) is 0. The Morgan fingerprint density at radius 3 is 1.82 bits per heavy atom. The summed E-state index contributed by atoms with van der Waals surface area (Å²) in [5.74, 6) is 0.0980. The van der Waals surface area contributed by atoms with Crippen LogP contribution >= 0.6 is 0 Å². The maximum absolute atomic E-state index is 12.6. The fourth-order valence-electron chi connectivity index (χ4n) is 2.90. The van der Waals surface area contributed by atoms with Crippen molar-refractivity contribution in [3.05, 3.63) is 59.4 Å². The number of piperazine rings is 1. The Morgan fingerprint density at radius 2 is 1.39 bits per heavy atom. The molecule has 1 aliphatic heterocycles. The minimum atomic E-state index is -4.55. The van der Waals surface area contributed by atoms with Crippen LogP contribution in [0.2, 0.25) is 0 Å². The minimum absolute atomic E-state index is 0.0860. The van der Waals surface area contributed by atoms with E-state index in [1.807, 2.05) is 0 Å². The molecule has 0 bridgehead atoms. The van der Waals surface area contributed by atoms with E-state index < -0.39 is 17.8 Å². The van der Waals surface area contributed by atoms with Crippen molar-refractivity contribution in [2.45, 2.75) is 6.18 Å².